The standard InChI is InChI=1S/C24H23N3O4S/c1-3-21(31-19-9-5-4-6-10-19)23(29)25-17-8-7-11-20(12-17)30-15-18-13-22(28)27-14-16(2)32-24(27)26-18/h4-14,21H,3,15H2,1-2H3,(H,25,29)/t21-/m0/s1. The molecule has 1 amide bonds. The van der Waals surface area contributed by atoms with Crippen molar-refractivity contribution in [3.63, 3.8) is 0 Å². The molecule has 7 nitrogen and oxygen atoms in total. The average molecular weight is 450 g/mol. The van der Waals surface area contributed by atoms with Crippen LogP contribution in [-0.4, -0.2) is 21.4 Å². The Bertz CT molecular complexity index is 1280. The lowest BCUT2D eigenvalue weighted by Crippen LogP contribution is -2.32. The van der Waals surface area contributed by atoms with Crippen molar-refractivity contribution in [2.45, 2.75) is 33.0 Å². The molecule has 2 aromatic heterocycles. The van der Waals surface area contributed by atoms with E-state index in [0.717, 1.165) is 4.88 Å². The molecular weight excluding hydrogens is 426 g/mol. The molecule has 2 aromatic carbocycles. The molecule has 1 N–H and O–H groups in total. The van der Waals surface area contributed by atoms with Crippen LogP contribution in [0.1, 0.15) is 23.9 Å². The van der Waals surface area contributed by atoms with Crippen molar-refractivity contribution in [3.05, 3.63) is 87.8 Å². The number of fused-ring (bicyclic) bond motifs is 1. The van der Waals surface area contributed by atoms with Gasteiger partial charge in [-0.3, -0.25) is 14.0 Å². The number of aromatic nitrogens is 2. The number of thiazole rings is 1. The van der Waals surface area contributed by atoms with Crippen molar-refractivity contribution in [1.29, 1.82) is 0 Å². The van der Waals surface area contributed by atoms with Crippen LogP contribution in [0.25, 0.3) is 4.96 Å². The molecule has 8 heteroatoms. The van der Waals surface area contributed by atoms with Crippen molar-refractivity contribution in [2.75, 3.05) is 5.32 Å². The average Bonchev–Trinajstić information content (AvgIpc) is 3.18. The van der Waals surface area contributed by atoms with Gasteiger partial charge in [0.1, 0.15) is 18.1 Å². The van der Waals surface area contributed by atoms with E-state index in [1.807, 2.05) is 44.2 Å². The molecule has 4 aromatic rings. The number of amides is 1. The van der Waals surface area contributed by atoms with Crippen LogP contribution >= 0.6 is 11.3 Å². The third-order valence-electron chi connectivity index (χ3n) is 4.71. The zero-order chi connectivity index (χ0) is 22.5. The predicted molar refractivity (Wildman–Crippen MR) is 125 cm³/mol. The van der Waals surface area contributed by atoms with Gasteiger partial charge < -0.3 is 14.8 Å². The number of hydrogen-bond donors (Lipinski definition) is 1. The second-order valence-corrected chi connectivity index (χ2v) is 8.43. The van der Waals surface area contributed by atoms with Gasteiger partial charge in [-0.25, -0.2) is 4.98 Å². The number of nitrogens with zero attached hydrogens (tertiary/aromatic N) is 2. The van der Waals surface area contributed by atoms with E-state index in [-0.39, 0.29) is 18.1 Å². The van der Waals surface area contributed by atoms with E-state index in [1.165, 1.54) is 21.8 Å². The predicted octanol–water partition coefficient (Wildman–Crippen LogP) is 4.44. The number of anilines is 1. The van der Waals surface area contributed by atoms with Crippen molar-refractivity contribution in [1.82, 2.24) is 9.38 Å². The fraction of sp³-hybridized carbons (Fsp3) is 0.208. The van der Waals surface area contributed by atoms with Crippen LogP contribution < -0.4 is 20.3 Å². The van der Waals surface area contributed by atoms with Crippen LogP contribution in [0.3, 0.4) is 0 Å². The highest BCUT2D eigenvalue weighted by molar-refractivity contribution is 7.16. The Labute approximate surface area is 189 Å². The first-order chi connectivity index (χ1) is 15.5. The van der Waals surface area contributed by atoms with Gasteiger partial charge in [0.25, 0.3) is 11.5 Å². The molecule has 0 aliphatic heterocycles. The topological polar surface area (TPSA) is 81.9 Å². The van der Waals surface area contributed by atoms with Crippen molar-refractivity contribution in [3.8, 4) is 11.5 Å². The molecule has 0 spiro atoms. The number of aryl methyl sites for hydroxylation is 1. The molecule has 1 atom stereocenters. The smallest absolute Gasteiger partial charge is 0.265 e. The molecule has 0 saturated carbocycles. The maximum Gasteiger partial charge on any atom is 0.265 e. The van der Waals surface area contributed by atoms with Gasteiger partial charge in [0.2, 0.25) is 0 Å². The summed E-state index contributed by atoms with van der Waals surface area (Å²) >= 11 is 1.45. The van der Waals surface area contributed by atoms with E-state index in [4.69, 9.17) is 9.47 Å². The first-order valence-corrected chi connectivity index (χ1v) is 11.1. The Morgan fingerprint density at radius 3 is 2.69 bits per heavy atom. The zero-order valence-corrected chi connectivity index (χ0v) is 18.6. The first-order valence-electron chi connectivity index (χ1n) is 10.3. The number of hydrogen-bond acceptors (Lipinski definition) is 6. The molecule has 32 heavy (non-hydrogen) atoms. The first kappa shape index (κ1) is 21.6. The lowest BCUT2D eigenvalue weighted by molar-refractivity contribution is -0.122. The molecule has 0 bridgehead atoms. The molecule has 0 unspecified atom stereocenters. The fourth-order valence-corrected chi connectivity index (χ4v) is 4.01. The SMILES string of the molecule is CC[C@H](Oc1ccccc1)C(=O)Nc1cccc(OCc2cc(=O)n3cc(C)sc3n2)c1. The minimum absolute atomic E-state index is 0.136. The fourth-order valence-electron chi connectivity index (χ4n) is 3.16. The number of ether oxygens (including phenoxy) is 2. The summed E-state index contributed by atoms with van der Waals surface area (Å²) in [6.07, 6.45) is 1.69. The number of carbonyl (C=O) groups is 1. The lowest BCUT2D eigenvalue weighted by Gasteiger charge is -2.17. The number of carbonyl (C=O) groups excluding carboxylic acids is 1. The highest BCUT2D eigenvalue weighted by Gasteiger charge is 2.18. The van der Waals surface area contributed by atoms with Gasteiger partial charge in [-0.2, -0.15) is 0 Å². The van der Waals surface area contributed by atoms with Gasteiger partial charge in [-0.1, -0.05) is 31.2 Å². The largest absolute Gasteiger partial charge is 0.487 e. The lowest BCUT2D eigenvalue weighted by atomic mass is 10.2. The molecule has 0 aliphatic carbocycles. The Hall–Kier alpha value is -3.65. The summed E-state index contributed by atoms with van der Waals surface area (Å²) in [5.74, 6) is 0.971. The van der Waals surface area contributed by atoms with Crippen LogP contribution in [-0.2, 0) is 11.4 Å². The quantitative estimate of drug-likeness (QED) is 0.430. The van der Waals surface area contributed by atoms with Gasteiger partial charge in [-0.15, -0.1) is 11.3 Å². The maximum atomic E-state index is 12.7. The highest BCUT2D eigenvalue weighted by atomic mass is 32.1. The van der Waals surface area contributed by atoms with Gasteiger partial charge in [0.05, 0.1) is 5.69 Å². The van der Waals surface area contributed by atoms with E-state index >= 15 is 0 Å². The molecule has 4 rings (SSSR count). The summed E-state index contributed by atoms with van der Waals surface area (Å²) in [4.78, 5) is 31.1. The van der Waals surface area contributed by atoms with Crippen molar-refractivity contribution in [2.24, 2.45) is 0 Å². The molecule has 0 saturated heterocycles. The zero-order valence-electron chi connectivity index (χ0n) is 17.8. The summed E-state index contributed by atoms with van der Waals surface area (Å²) in [6, 6.07) is 17.8. The minimum Gasteiger partial charge on any atom is -0.487 e. The van der Waals surface area contributed by atoms with Crippen LogP contribution in [0.5, 0.6) is 11.5 Å². The summed E-state index contributed by atoms with van der Waals surface area (Å²) in [7, 11) is 0. The second kappa shape index (κ2) is 9.65. The minimum atomic E-state index is -0.611. The van der Waals surface area contributed by atoms with E-state index in [2.05, 4.69) is 10.3 Å². The second-order valence-electron chi connectivity index (χ2n) is 7.21. The van der Waals surface area contributed by atoms with Crippen LogP contribution in [0, 0.1) is 6.92 Å². The number of rotatable bonds is 8. The summed E-state index contributed by atoms with van der Waals surface area (Å²) in [5, 5.41) is 2.88. The van der Waals surface area contributed by atoms with Gasteiger partial charge in [0, 0.05) is 28.9 Å². The van der Waals surface area contributed by atoms with Crippen LogP contribution in [0.2, 0.25) is 0 Å². The third-order valence-corrected chi connectivity index (χ3v) is 5.61. The molecule has 0 radical (unpaired) electrons. The third kappa shape index (κ3) is 5.15. The maximum absolute atomic E-state index is 12.7. The molecular formula is C24H23N3O4S. The summed E-state index contributed by atoms with van der Waals surface area (Å²) in [6.45, 7) is 3.98. The number of nitrogens with one attached hydrogen (secondary N) is 1. The van der Waals surface area contributed by atoms with Gasteiger partial charge in [-0.05, 0) is 37.6 Å². The van der Waals surface area contributed by atoms with Crippen LogP contribution in [0.15, 0.2) is 71.7 Å². The van der Waals surface area contributed by atoms with E-state index in [1.54, 1.807) is 30.5 Å². The Kier molecular flexibility index (Phi) is 6.51. The van der Waals surface area contributed by atoms with Crippen molar-refractivity contribution < 1.29 is 14.3 Å². The number of para-hydroxylation sites is 1. The van der Waals surface area contributed by atoms with E-state index in [9.17, 15) is 9.59 Å². The molecule has 164 valence electrons. The molecule has 2 heterocycles. The van der Waals surface area contributed by atoms with E-state index < -0.39 is 6.10 Å². The van der Waals surface area contributed by atoms with E-state index in [0.29, 0.717) is 34.3 Å². The Morgan fingerprint density at radius 1 is 1.12 bits per heavy atom. The normalized spacial score (nSPS) is 11.8. The van der Waals surface area contributed by atoms with Gasteiger partial charge in [0.15, 0.2) is 11.1 Å². The van der Waals surface area contributed by atoms with Gasteiger partial charge >= 0.3 is 0 Å². The highest BCUT2D eigenvalue weighted by Crippen LogP contribution is 2.20. The Morgan fingerprint density at radius 2 is 1.91 bits per heavy atom. The monoisotopic (exact) mass is 449 g/mol. The Balaban J connectivity index is 1.41. The van der Waals surface area contributed by atoms with Crippen LogP contribution in [0.4, 0.5) is 5.69 Å². The summed E-state index contributed by atoms with van der Waals surface area (Å²) < 4.78 is 13.1. The molecule has 0 fully saturated rings. The number of benzene rings is 2. The summed E-state index contributed by atoms with van der Waals surface area (Å²) in [5.41, 5.74) is 1.01. The molecule has 0 aliphatic rings. The van der Waals surface area contributed by atoms with Crippen molar-refractivity contribution >= 4 is 27.9 Å².